The molecule has 2 fully saturated rings. The molecule has 17 N–H and O–H groups in total. The van der Waals surface area contributed by atoms with Gasteiger partial charge in [-0.2, -0.15) is 0 Å². The lowest BCUT2D eigenvalue weighted by Gasteiger charge is -2.34. The number of nitrogens with two attached hydrogens (primary N) is 2. The molecule has 2 aromatic heterocycles. The second-order valence-corrected chi connectivity index (χ2v) is 23.4. The number of likely N-dealkylation sites (N-methyl/N-ethyl adjacent to an activating group) is 1. The van der Waals surface area contributed by atoms with Crippen molar-refractivity contribution in [1.29, 1.82) is 0 Å². The number of hydrogen-bond donors (Lipinski definition) is 15. The number of carbonyl (C=O) groups is 10. The molecule has 0 aliphatic carbocycles. The van der Waals surface area contributed by atoms with E-state index in [2.05, 4.69) is 67.8 Å². The Kier molecular flexibility index (Phi) is 24.2. The fourth-order valence-electron chi connectivity index (χ4n) is 10.4. The normalized spacial score (nSPS) is 17.3. The molecule has 9 atom stereocenters. The molecule has 2 aromatic carbocycles. The van der Waals surface area contributed by atoms with Crippen LogP contribution < -0.4 is 59.3 Å². The second-order valence-electron chi connectivity index (χ2n) is 23.4. The number of aliphatic hydroxyl groups excluding tert-OH is 1. The van der Waals surface area contributed by atoms with Crippen LogP contribution in [0.15, 0.2) is 72.2 Å². The van der Waals surface area contributed by atoms with E-state index >= 15 is 0 Å². The lowest BCUT2D eigenvalue weighted by molar-refractivity contribution is -0.142. The van der Waals surface area contributed by atoms with E-state index in [0.717, 1.165) is 5.52 Å². The van der Waals surface area contributed by atoms with Gasteiger partial charge in [0.2, 0.25) is 59.1 Å². The standard InChI is InChI=1S/C59H84N16O12/c1-7-63-55(85)46-15-11-23-75(46)57(87)40(14-10-22-64-58(60)61)68-50(80)41(24-32(2)3)72-56(86)48(59(4,5)6)74-53(83)42(25-33-16-18-36(77)19-17-33)69-54(84)45(30-76)73-51(81)43(26-34-28-65-38-13-9-8-12-37(34)38)70-52(82)44(27-35-29-62-31-66-35)71-49(79)39-20-21-47(78)67-39/h8-9,12-13,16-19,28-29,31-32,39-46,48,65,76-77H,7,10-11,14-15,20-27,30H2,1-6H3,(H,62,66)(H,63,85)(H,67,78)(H,68,80)(H,69,84)(H,70,82)(H,71,79)(H,72,86)(H,73,81)(H,74,83)(H4,60,61,64)/t39-,40-,41-,42-,43-,44-,45-,46-,48-/m0/s1. The highest BCUT2D eigenvalue weighted by atomic mass is 16.3. The predicted molar refractivity (Wildman–Crippen MR) is 320 cm³/mol. The summed E-state index contributed by atoms with van der Waals surface area (Å²) in [5, 5.41) is 45.9. The largest absolute Gasteiger partial charge is 0.508 e. The van der Waals surface area contributed by atoms with Crippen molar-refractivity contribution in [3.05, 3.63) is 84.1 Å². The molecule has 4 aromatic rings. The molecule has 4 heterocycles. The number of benzene rings is 2. The summed E-state index contributed by atoms with van der Waals surface area (Å²) in [4.78, 5) is 155. The zero-order chi connectivity index (χ0) is 63.5. The Morgan fingerprint density at radius 3 is 1.99 bits per heavy atom. The van der Waals surface area contributed by atoms with Crippen LogP contribution in [-0.4, -0.2) is 176 Å². The molecule has 87 heavy (non-hydrogen) atoms. The van der Waals surface area contributed by atoms with E-state index in [9.17, 15) is 58.2 Å². The van der Waals surface area contributed by atoms with Crippen LogP contribution in [0.2, 0.25) is 0 Å². The minimum absolute atomic E-state index is 0.0821. The molecule has 0 radical (unpaired) electrons. The number of aromatic nitrogens is 3. The second kappa shape index (κ2) is 31.4. The number of nitrogens with zero attached hydrogens (tertiary/aromatic N) is 3. The summed E-state index contributed by atoms with van der Waals surface area (Å²) in [6, 6.07) is 1.42. The lowest BCUT2D eigenvalue weighted by Crippen LogP contribution is -2.63. The van der Waals surface area contributed by atoms with E-state index in [1.165, 1.54) is 41.7 Å². The van der Waals surface area contributed by atoms with Crippen molar-refractivity contribution in [2.75, 3.05) is 26.2 Å². The van der Waals surface area contributed by atoms with Crippen molar-refractivity contribution in [2.24, 2.45) is 27.8 Å². The van der Waals surface area contributed by atoms with Gasteiger partial charge in [-0.25, -0.2) is 4.98 Å². The average molecular weight is 1210 g/mol. The van der Waals surface area contributed by atoms with Gasteiger partial charge in [0.25, 0.3) is 0 Å². The summed E-state index contributed by atoms with van der Waals surface area (Å²) in [6.45, 7) is 10.2. The van der Waals surface area contributed by atoms with Crippen LogP contribution in [-0.2, 0) is 67.2 Å². The number of para-hydroxylation sites is 1. The number of aliphatic hydroxyl groups is 1. The first kappa shape index (κ1) is 67.1. The smallest absolute Gasteiger partial charge is 0.245 e. The summed E-state index contributed by atoms with van der Waals surface area (Å²) < 4.78 is 0. The molecule has 0 unspecified atom stereocenters. The molecule has 28 nitrogen and oxygen atoms in total. The van der Waals surface area contributed by atoms with Gasteiger partial charge in [-0.1, -0.05) is 65.0 Å². The molecule has 6 rings (SSSR count). The topological polar surface area (TPSA) is 432 Å². The number of nitrogens with one attached hydrogen (secondary N) is 11. The van der Waals surface area contributed by atoms with E-state index < -0.39 is 114 Å². The molecule has 0 spiro atoms. The fraction of sp³-hybridized carbons (Fsp3) is 0.525. The maximum atomic E-state index is 14.8. The van der Waals surface area contributed by atoms with Gasteiger partial charge >= 0.3 is 0 Å². The summed E-state index contributed by atoms with van der Waals surface area (Å²) in [5.74, 6) is -7.42. The van der Waals surface area contributed by atoms with Gasteiger partial charge in [0.1, 0.15) is 60.1 Å². The number of likely N-dealkylation sites (tertiary alicyclic amines) is 1. The van der Waals surface area contributed by atoms with Gasteiger partial charge in [0.05, 0.1) is 12.9 Å². The first-order valence-electron chi connectivity index (χ1n) is 29.3. The Bertz CT molecular complexity index is 3080. The molecule has 2 aliphatic rings. The van der Waals surface area contributed by atoms with Gasteiger partial charge in [-0.15, -0.1) is 0 Å². The van der Waals surface area contributed by atoms with Crippen molar-refractivity contribution in [3.63, 3.8) is 0 Å². The summed E-state index contributed by atoms with van der Waals surface area (Å²) >= 11 is 0. The highest BCUT2D eigenvalue weighted by Gasteiger charge is 2.41. The van der Waals surface area contributed by atoms with Crippen molar-refractivity contribution in [3.8, 4) is 5.75 Å². The number of carbonyl (C=O) groups excluding carboxylic acids is 10. The Balaban J connectivity index is 1.23. The van der Waals surface area contributed by atoms with E-state index in [0.29, 0.717) is 41.6 Å². The number of fused-ring (bicyclic) bond motifs is 1. The Morgan fingerprint density at radius 2 is 1.37 bits per heavy atom. The molecule has 2 saturated heterocycles. The van der Waals surface area contributed by atoms with Crippen molar-refractivity contribution in [2.45, 2.75) is 160 Å². The quantitative estimate of drug-likeness (QED) is 0.0162. The van der Waals surface area contributed by atoms with Crippen LogP contribution in [0.25, 0.3) is 10.9 Å². The van der Waals surface area contributed by atoms with Crippen molar-refractivity contribution in [1.82, 2.24) is 67.7 Å². The van der Waals surface area contributed by atoms with Crippen LogP contribution in [0.1, 0.15) is 103 Å². The number of aromatic hydroxyl groups is 1. The molecular formula is C59H84N16O12. The lowest BCUT2D eigenvalue weighted by atomic mass is 9.85. The number of amides is 10. The molecular weight excluding hydrogens is 1120 g/mol. The summed E-state index contributed by atoms with van der Waals surface area (Å²) in [6.07, 6.45) is 5.71. The minimum Gasteiger partial charge on any atom is -0.508 e. The number of guanidine groups is 1. The number of aliphatic imine (C=N–C) groups is 1. The van der Waals surface area contributed by atoms with Gasteiger partial charge in [0.15, 0.2) is 5.96 Å². The minimum atomic E-state index is -1.76. The molecule has 0 saturated carbocycles. The van der Waals surface area contributed by atoms with Crippen LogP contribution in [0, 0.1) is 11.3 Å². The van der Waals surface area contributed by atoms with E-state index in [1.54, 1.807) is 52.1 Å². The van der Waals surface area contributed by atoms with Gasteiger partial charge in [0, 0.05) is 74.3 Å². The first-order valence-corrected chi connectivity index (χ1v) is 29.3. The number of phenolic OH excluding ortho intramolecular Hbond substituents is 1. The fourth-order valence-corrected chi connectivity index (χ4v) is 10.4. The van der Waals surface area contributed by atoms with Crippen molar-refractivity contribution >= 4 is 75.9 Å². The Hall–Kier alpha value is -9.08. The monoisotopic (exact) mass is 1210 g/mol. The van der Waals surface area contributed by atoms with E-state index in [4.69, 9.17) is 11.5 Å². The van der Waals surface area contributed by atoms with Crippen LogP contribution in [0.5, 0.6) is 5.75 Å². The summed E-state index contributed by atoms with van der Waals surface area (Å²) in [5.41, 5.74) is 12.2. The first-order chi connectivity index (χ1) is 41.3. The number of hydrogen-bond acceptors (Lipinski definition) is 14. The highest BCUT2D eigenvalue weighted by Crippen LogP contribution is 2.24. The van der Waals surface area contributed by atoms with Gasteiger partial charge in [-0.05, 0) is 86.1 Å². The number of imidazole rings is 1. The number of H-pyrrole nitrogens is 2. The maximum absolute atomic E-state index is 14.8. The predicted octanol–water partition coefficient (Wildman–Crippen LogP) is -1.44. The zero-order valence-corrected chi connectivity index (χ0v) is 50.0. The molecule has 472 valence electrons. The number of rotatable bonds is 30. The van der Waals surface area contributed by atoms with Crippen LogP contribution in [0.4, 0.5) is 0 Å². The summed E-state index contributed by atoms with van der Waals surface area (Å²) in [7, 11) is 0. The molecule has 2 aliphatic heterocycles. The van der Waals surface area contributed by atoms with E-state index in [1.807, 2.05) is 19.9 Å². The van der Waals surface area contributed by atoms with Crippen LogP contribution in [0.3, 0.4) is 0 Å². The third kappa shape index (κ3) is 19.5. The van der Waals surface area contributed by atoms with Crippen molar-refractivity contribution < 1.29 is 58.2 Å². The third-order valence-corrected chi connectivity index (χ3v) is 15.0. The Labute approximate surface area is 504 Å². The SMILES string of the molecule is CCNC(=O)[C@@H]1CCCN1C(=O)[C@H](CCCN=C(N)N)NC(=O)[C@H](CC(C)C)NC(=O)[C@H](NC(=O)[C@H](Cc1ccc(O)cc1)NC(=O)[C@H](CO)NC(=O)[C@H](Cc1c[nH]c2ccccc12)NC(=O)[C@H](Cc1cnc[nH]1)NC(=O)[C@@H]1CCC(=O)N1)C(C)(C)C. The van der Waals surface area contributed by atoms with E-state index in [-0.39, 0.29) is 93.9 Å². The third-order valence-electron chi connectivity index (χ3n) is 15.0. The molecule has 0 bridgehead atoms. The Morgan fingerprint density at radius 1 is 0.747 bits per heavy atom. The molecule has 10 amide bonds. The van der Waals surface area contributed by atoms with Crippen LogP contribution >= 0.6 is 0 Å². The van der Waals surface area contributed by atoms with Gasteiger partial charge in [-0.3, -0.25) is 52.9 Å². The average Bonchev–Trinajstić information content (AvgIpc) is 2.84. The highest BCUT2D eigenvalue weighted by molar-refractivity contribution is 5.99. The zero-order valence-electron chi connectivity index (χ0n) is 50.0. The number of phenols is 1. The van der Waals surface area contributed by atoms with Gasteiger partial charge < -0.3 is 84.4 Å². The molecule has 28 heteroatoms. The number of aromatic amines is 2. The maximum Gasteiger partial charge on any atom is 0.245 e.